The van der Waals surface area contributed by atoms with Gasteiger partial charge in [0.1, 0.15) is 6.04 Å². The summed E-state index contributed by atoms with van der Waals surface area (Å²) in [7, 11) is 0. The molecular formula is C12H10F3KNO2. The topological polar surface area (TPSA) is 46.2 Å². The average molecular weight is 296 g/mol. The van der Waals surface area contributed by atoms with Crippen molar-refractivity contribution in [2.75, 3.05) is 0 Å². The maximum absolute atomic E-state index is 12.4. The van der Waals surface area contributed by atoms with E-state index in [2.05, 4.69) is 5.32 Å². The molecular weight excluding hydrogens is 286 g/mol. The Kier molecular flexibility index (Phi) is 5.75. The maximum Gasteiger partial charge on any atom is 0.416 e. The summed E-state index contributed by atoms with van der Waals surface area (Å²) in [5.74, 6) is -0.450. The van der Waals surface area contributed by atoms with E-state index in [9.17, 15) is 22.8 Å². The van der Waals surface area contributed by atoms with E-state index < -0.39 is 17.8 Å². The fourth-order valence-electron chi connectivity index (χ4n) is 1.83. The second-order valence-electron chi connectivity index (χ2n) is 4.09. The molecule has 3 nitrogen and oxygen atoms in total. The van der Waals surface area contributed by atoms with Crippen LogP contribution in [0.5, 0.6) is 0 Å². The maximum atomic E-state index is 12.4. The van der Waals surface area contributed by atoms with Crippen LogP contribution in [-0.2, 0) is 15.8 Å². The SMILES string of the molecule is O=C1CCC(=O)C(c2ccc(C(F)(F)F)cc2)N1.[K]. The summed E-state index contributed by atoms with van der Waals surface area (Å²) in [6, 6.07) is 3.43. The Morgan fingerprint density at radius 3 is 2.16 bits per heavy atom. The molecule has 1 radical (unpaired) electrons. The van der Waals surface area contributed by atoms with Gasteiger partial charge in [-0.05, 0) is 17.7 Å². The average Bonchev–Trinajstić information content (AvgIpc) is 2.31. The van der Waals surface area contributed by atoms with Crippen molar-refractivity contribution in [3.8, 4) is 0 Å². The van der Waals surface area contributed by atoms with Gasteiger partial charge < -0.3 is 5.32 Å². The summed E-state index contributed by atoms with van der Waals surface area (Å²) < 4.78 is 37.1. The Morgan fingerprint density at radius 1 is 1.05 bits per heavy atom. The normalized spacial score (nSPS) is 19.6. The van der Waals surface area contributed by atoms with Crippen molar-refractivity contribution in [1.29, 1.82) is 0 Å². The molecule has 0 bridgehead atoms. The van der Waals surface area contributed by atoms with Gasteiger partial charge in [-0.2, -0.15) is 13.2 Å². The molecule has 0 spiro atoms. The van der Waals surface area contributed by atoms with Gasteiger partial charge in [-0.3, -0.25) is 9.59 Å². The quantitative estimate of drug-likeness (QED) is 0.804. The van der Waals surface area contributed by atoms with Crippen LogP contribution < -0.4 is 5.32 Å². The first-order valence-electron chi connectivity index (χ1n) is 5.37. The number of hydrogen-bond acceptors (Lipinski definition) is 2. The molecule has 1 N–H and O–H groups in total. The van der Waals surface area contributed by atoms with Gasteiger partial charge in [0.05, 0.1) is 5.56 Å². The number of nitrogens with one attached hydrogen (secondary N) is 1. The van der Waals surface area contributed by atoms with Crippen LogP contribution >= 0.6 is 0 Å². The van der Waals surface area contributed by atoms with Crippen LogP contribution in [0.1, 0.15) is 30.0 Å². The minimum atomic E-state index is -4.40. The van der Waals surface area contributed by atoms with Crippen molar-refractivity contribution in [2.45, 2.75) is 25.1 Å². The fourth-order valence-corrected chi connectivity index (χ4v) is 1.83. The standard InChI is InChI=1S/C12H10F3NO2.K/c13-12(14,15)8-3-1-7(2-4-8)11-9(17)5-6-10(18)16-11;/h1-4,11H,5-6H2,(H,16,18);. The van der Waals surface area contributed by atoms with Gasteiger partial charge in [0.25, 0.3) is 0 Å². The van der Waals surface area contributed by atoms with Crippen LogP contribution in [0.15, 0.2) is 24.3 Å². The second kappa shape index (κ2) is 6.49. The number of piperidine rings is 1. The van der Waals surface area contributed by atoms with Crippen molar-refractivity contribution in [1.82, 2.24) is 5.32 Å². The molecule has 2 rings (SSSR count). The van der Waals surface area contributed by atoms with Gasteiger partial charge in [0, 0.05) is 64.2 Å². The summed E-state index contributed by atoms with van der Waals surface area (Å²) in [6.45, 7) is 0. The van der Waals surface area contributed by atoms with Crippen LogP contribution in [0.3, 0.4) is 0 Å². The predicted octanol–water partition coefficient (Wildman–Crippen LogP) is 1.84. The van der Waals surface area contributed by atoms with Crippen LogP contribution in [0, 0.1) is 0 Å². The van der Waals surface area contributed by atoms with Crippen LogP contribution in [0.4, 0.5) is 13.2 Å². The van der Waals surface area contributed by atoms with Crippen LogP contribution in [-0.4, -0.2) is 63.1 Å². The Bertz CT molecular complexity index is 485. The van der Waals surface area contributed by atoms with Gasteiger partial charge >= 0.3 is 6.18 Å². The largest absolute Gasteiger partial charge is 0.416 e. The molecule has 1 heterocycles. The van der Waals surface area contributed by atoms with Gasteiger partial charge in [-0.25, -0.2) is 0 Å². The monoisotopic (exact) mass is 296 g/mol. The Morgan fingerprint density at radius 2 is 1.63 bits per heavy atom. The number of carbonyl (C=O) groups excluding carboxylic acids is 2. The number of hydrogen-bond donors (Lipinski definition) is 1. The van der Waals surface area contributed by atoms with Crippen molar-refractivity contribution in [2.24, 2.45) is 0 Å². The van der Waals surface area contributed by atoms with Crippen molar-refractivity contribution < 1.29 is 22.8 Å². The number of ketones is 1. The van der Waals surface area contributed by atoms with Crippen molar-refractivity contribution in [3.63, 3.8) is 0 Å². The van der Waals surface area contributed by atoms with E-state index in [1.165, 1.54) is 12.1 Å². The third-order valence-electron chi connectivity index (χ3n) is 2.80. The first-order chi connectivity index (χ1) is 8.38. The second-order valence-corrected chi connectivity index (χ2v) is 4.09. The zero-order valence-electron chi connectivity index (χ0n) is 10.3. The van der Waals surface area contributed by atoms with E-state index in [1.807, 2.05) is 0 Å². The Labute approximate surface area is 150 Å². The summed E-state index contributed by atoms with van der Waals surface area (Å²) >= 11 is 0. The van der Waals surface area contributed by atoms with E-state index >= 15 is 0 Å². The summed E-state index contributed by atoms with van der Waals surface area (Å²) in [5, 5.41) is 2.47. The van der Waals surface area contributed by atoms with Gasteiger partial charge in [0.2, 0.25) is 5.91 Å². The molecule has 1 aliphatic heterocycles. The zero-order valence-corrected chi connectivity index (χ0v) is 13.4. The number of rotatable bonds is 1. The van der Waals surface area contributed by atoms with E-state index in [1.54, 1.807) is 0 Å². The minimum Gasteiger partial charge on any atom is -0.342 e. The smallest absolute Gasteiger partial charge is 0.342 e. The van der Waals surface area contributed by atoms with Gasteiger partial charge in [-0.1, -0.05) is 12.1 Å². The third kappa shape index (κ3) is 4.12. The van der Waals surface area contributed by atoms with Crippen LogP contribution in [0.25, 0.3) is 0 Å². The summed E-state index contributed by atoms with van der Waals surface area (Å²) in [4.78, 5) is 22.8. The van der Waals surface area contributed by atoms with Crippen molar-refractivity contribution in [3.05, 3.63) is 35.4 Å². The van der Waals surface area contributed by atoms with Crippen LogP contribution in [0.2, 0.25) is 0 Å². The number of alkyl halides is 3. The van der Waals surface area contributed by atoms with Crippen molar-refractivity contribution >= 4 is 63.1 Å². The Hall–Kier alpha value is -0.214. The number of Topliss-reactive ketones (excluding diaryl/α,β-unsaturated/α-hetero) is 1. The zero-order chi connectivity index (χ0) is 13.3. The summed E-state index contributed by atoms with van der Waals surface area (Å²) in [6.07, 6.45) is -4.15. The van der Waals surface area contributed by atoms with E-state index in [0.717, 1.165) is 12.1 Å². The molecule has 0 aliphatic carbocycles. The molecule has 1 atom stereocenters. The third-order valence-corrected chi connectivity index (χ3v) is 2.80. The molecule has 1 aromatic rings. The first-order valence-corrected chi connectivity index (χ1v) is 5.37. The molecule has 1 aliphatic rings. The number of amides is 1. The number of benzene rings is 1. The molecule has 1 saturated heterocycles. The predicted molar refractivity (Wildman–Crippen MR) is 62.3 cm³/mol. The first kappa shape index (κ1) is 16.8. The summed E-state index contributed by atoms with van der Waals surface area (Å²) in [5.41, 5.74) is -0.401. The van der Waals surface area contributed by atoms with Gasteiger partial charge in [0.15, 0.2) is 5.78 Å². The Balaban J connectivity index is 0.00000180. The number of carbonyl (C=O) groups is 2. The van der Waals surface area contributed by atoms with E-state index in [4.69, 9.17) is 0 Å². The van der Waals surface area contributed by atoms with E-state index in [0.29, 0.717) is 5.56 Å². The molecule has 97 valence electrons. The fraction of sp³-hybridized carbons (Fsp3) is 0.333. The molecule has 1 amide bonds. The molecule has 0 saturated carbocycles. The molecule has 1 fully saturated rings. The van der Waals surface area contributed by atoms with Gasteiger partial charge in [-0.15, -0.1) is 0 Å². The molecule has 7 heteroatoms. The molecule has 0 aromatic heterocycles. The van der Waals surface area contributed by atoms with E-state index in [-0.39, 0.29) is 75.9 Å². The minimum absolute atomic E-state index is 0. The molecule has 1 aromatic carbocycles. The number of halogens is 3. The molecule has 1 unspecified atom stereocenters. The molecule has 19 heavy (non-hydrogen) atoms.